The average Bonchev–Trinajstić information content (AvgIpc) is 3.40. The summed E-state index contributed by atoms with van der Waals surface area (Å²) in [6, 6.07) is 6.46. The standard InChI is InChI=1S/C23H30FN5O3/c1-16-21(17(2)32-26-16)13-22(30)27-9-11-28(12-10-27)23(31)25-14-18-7-8-29(15-18)20-5-3-19(24)4-6-20/h3-6,18H,7-15H2,1-2H3,(H,25,31). The predicted octanol–water partition coefficient (Wildman–Crippen LogP) is 2.35. The van der Waals surface area contributed by atoms with Crippen LogP contribution in [0.25, 0.3) is 0 Å². The van der Waals surface area contributed by atoms with Crippen molar-refractivity contribution in [2.45, 2.75) is 26.7 Å². The van der Waals surface area contributed by atoms with Gasteiger partial charge < -0.3 is 24.5 Å². The third-order valence-corrected chi connectivity index (χ3v) is 6.45. The minimum absolute atomic E-state index is 0.0336. The second kappa shape index (κ2) is 9.58. The minimum atomic E-state index is -0.234. The van der Waals surface area contributed by atoms with E-state index in [2.05, 4.69) is 15.4 Å². The van der Waals surface area contributed by atoms with E-state index in [0.717, 1.165) is 36.5 Å². The maximum Gasteiger partial charge on any atom is 0.317 e. The summed E-state index contributed by atoms with van der Waals surface area (Å²) in [5.74, 6) is 0.842. The van der Waals surface area contributed by atoms with Gasteiger partial charge in [-0.1, -0.05) is 5.16 Å². The number of hydrogen-bond acceptors (Lipinski definition) is 5. The lowest BCUT2D eigenvalue weighted by Gasteiger charge is -2.35. The topological polar surface area (TPSA) is 81.9 Å². The summed E-state index contributed by atoms with van der Waals surface area (Å²) in [6.07, 6.45) is 1.27. The molecule has 1 aromatic carbocycles. The van der Waals surface area contributed by atoms with Crippen molar-refractivity contribution in [1.29, 1.82) is 0 Å². The molecule has 4 rings (SSSR count). The number of nitrogens with one attached hydrogen (secondary N) is 1. The van der Waals surface area contributed by atoms with Gasteiger partial charge in [0.15, 0.2) is 0 Å². The second-order valence-electron chi connectivity index (χ2n) is 8.61. The first-order chi connectivity index (χ1) is 15.4. The Morgan fingerprint density at radius 1 is 1.09 bits per heavy atom. The van der Waals surface area contributed by atoms with E-state index in [1.807, 2.05) is 13.8 Å². The molecule has 2 saturated heterocycles. The molecule has 32 heavy (non-hydrogen) atoms. The molecule has 1 N–H and O–H groups in total. The number of amides is 3. The Hall–Kier alpha value is -3.10. The molecule has 3 heterocycles. The lowest BCUT2D eigenvalue weighted by molar-refractivity contribution is -0.131. The number of halogens is 1. The predicted molar refractivity (Wildman–Crippen MR) is 118 cm³/mol. The molecular formula is C23H30FN5O3. The van der Waals surface area contributed by atoms with Crippen LogP contribution in [0, 0.1) is 25.6 Å². The van der Waals surface area contributed by atoms with Crippen LogP contribution in [0.3, 0.4) is 0 Å². The van der Waals surface area contributed by atoms with Crippen LogP contribution < -0.4 is 10.2 Å². The third kappa shape index (κ3) is 5.03. The van der Waals surface area contributed by atoms with Crippen LogP contribution in [-0.4, -0.2) is 72.7 Å². The molecule has 2 aliphatic rings. The normalized spacial score (nSPS) is 18.8. The number of urea groups is 1. The molecule has 0 radical (unpaired) electrons. The lowest BCUT2D eigenvalue weighted by atomic mass is 10.1. The molecule has 2 aromatic rings. The van der Waals surface area contributed by atoms with E-state index in [4.69, 9.17) is 4.52 Å². The van der Waals surface area contributed by atoms with Crippen LogP contribution in [0.4, 0.5) is 14.9 Å². The summed E-state index contributed by atoms with van der Waals surface area (Å²) in [5, 5.41) is 6.95. The molecule has 0 saturated carbocycles. The van der Waals surface area contributed by atoms with Crippen LogP contribution in [0.2, 0.25) is 0 Å². The number of nitrogens with zero attached hydrogens (tertiary/aromatic N) is 4. The monoisotopic (exact) mass is 443 g/mol. The molecule has 8 nitrogen and oxygen atoms in total. The quantitative estimate of drug-likeness (QED) is 0.767. The van der Waals surface area contributed by atoms with Crippen LogP contribution in [-0.2, 0) is 11.2 Å². The number of benzene rings is 1. The van der Waals surface area contributed by atoms with Gasteiger partial charge in [-0.2, -0.15) is 0 Å². The van der Waals surface area contributed by atoms with Gasteiger partial charge in [-0.25, -0.2) is 9.18 Å². The van der Waals surface area contributed by atoms with Gasteiger partial charge in [-0.3, -0.25) is 4.79 Å². The van der Waals surface area contributed by atoms with Crippen molar-refractivity contribution in [3.05, 3.63) is 47.1 Å². The molecule has 2 fully saturated rings. The largest absolute Gasteiger partial charge is 0.371 e. The Morgan fingerprint density at radius 2 is 1.78 bits per heavy atom. The Bertz CT molecular complexity index is 934. The van der Waals surface area contributed by atoms with E-state index < -0.39 is 0 Å². The summed E-state index contributed by atoms with van der Waals surface area (Å²) in [4.78, 5) is 31.0. The smallest absolute Gasteiger partial charge is 0.317 e. The number of carbonyl (C=O) groups excluding carboxylic acids is 2. The van der Waals surface area contributed by atoms with Gasteiger partial charge >= 0.3 is 6.03 Å². The van der Waals surface area contributed by atoms with E-state index in [0.29, 0.717) is 44.4 Å². The SMILES string of the molecule is Cc1noc(C)c1CC(=O)N1CCN(C(=O)NCC2CCN(c3ccc(F)cc3)C2)CC1. The Kier molecular flexibility index (Phi) is 6.62. The van der Waals surface area contributed by atoms with Crippen LogP contribution in [0.15, 0.2) is 28.8 Å². The van der Waals surface area contributed by atoms with E-state index in [1.165, 1.54) is 12.1 Å². The maximum atomic E-state index is 13.1. The summed E-state index contributed by atoms with van der Waals surface area (Å²) < 4.78 is 18.3. The molecule has 9 heteroatoms. The number of aryl methyl sites for hydroxylation is 2. The summed E-state index contributed by atoms with van der Waals surface area (Å²) in [6.45, 7) is 8.10. The fourth-order valence-electron chi connectivity index (χ4n) is 4.41. The molecular weight excluding hydrogens is 413 g/mol. The Labute approximate surface area is 187 Å². The van der Waals surface area contributed by atoms with E-state index in [9.17, 15) is 14.0 Å². The summed E-state index contributed by atoms with van der Waals surface area (Å²) >= 11 is 0. The molecule has 1 unspecified atom stereocenters. The van der Waals surface area contributed by atoms with Crippen molar-refractivity contribution in [3.8, 4) is 0 Å². The number of piperazine rings is 1. The third-order valence-electron chi connectivity index (χ3n) is 6.45. The summed E-state index contributed by atoms with van der Waals surface area (Å²) in [7, 11) is 0. The Balaban J connectivity index is 1.19. The van der Waals surface area contributed by atoms with Gasteiger partial charge in [-0.05, 0) is 50.5 Å². The molecule has 3 amide bonds. The van der Waals surface area contributed by atoms with E-state index in [-0.39, 0.29) is 24.2 Å². The maximum absolute atomic E-state index is 13.1. The van der Waals surface area contributed by atoms with E-state index in [1.54, 1.807) is 21.9 Å². The first-order valence-electron chi connectivity index (χ1n) is 11.1. The first-order valence-corrected chi connectivity index (χ1v) is 11.1. The highest BCUT2D eigenvalue weighted by atomic mass is 19.1. The van der Waals surface area contributed by atoms with Gasteiger partial charge in [0.1, 0.15) is 11.6 Å². The fraction of sp³-hybridized carbons (Fsp3) is 0.522. The van der Waals surface area contributed by atoms with Gasteiger partial charge in [0.05, 0.1) is 12.1 Å². The minimum Gasteiger partial charge on any atom is -0.371 e. The summed E-state index contributed by atoms with van der Waals surface area (Å²) in [5.41, 5.74) is 2.61. The highest BCUT2D eigenvalue weighted by molar-refractivity contribution is 5.80. The molecule has 0 bridgehead atoms. The number of aromatic nitrogens is 1. The average molecular weight is 444 g/mol. The molecule has 1 aromatic heterocycles. The zero-order chi connectivity index (χ0) is 22.7. The van der Waals surface area contributed by atoms with Crippen LogP contribution in [0.5, 0.6) is 0 Å². The second-order valence-corrected chi connectivity index (χ2v) is 8.61. The zero-order valence-electron chi connectivity index (χ0n) is 18.6. The number of hydrogen-bond donors (Lipinski definition) is 1. The molecule has 172 valence electrons. The van der Waals surface area contributed by atoms with Crippen molar-refractivity contribution < 1.29 is 18.5 Å². The lowest BCUT2D eigenvalue weighted by Crippen LogP contribution is -2.54. The Morgan fingerprint density at radius 3 is 2.44 bits per heavy atom. The van der Waals surface area contributed by atoms with Crippen LogP contribution >= 0.6 is 0 Å². The van der Waals surface area contributed by atoms with Gasteiger partial charge in [0.2, 0.25) is 5.91 Å². The highest BCUT2D eigenvalue weighted by Crippen LogP contribution is 2.23. The van der Waals surface area contributed by atoms with Crippen molar-refractivity contribution in [2.24, 2.45) is 5.92 Å². The van der Waals surface area contributed by atoms with E-state index >= 15 is 0 Å². The highest BCUT2D eigenvalue weighted by Gasteiger charge is 2.27. The number of anilines is 1. The van der Waals surface area contributed by atoms with Crippen molar-refractivity contribution >= 4 is 17.6 Å². The molecule has 1 atom stereocenters. The van der Waals surface area contributed by atoms with Crippen molar-refractivity contribution in [3.63, 3.8) is 0 Å². The molecule has 2 aliphatic heterocycles. The van der Waals surface area contributed by atoms with Gasteiger partial charge in [0, 0.05) is 57.1 Å². The van der Waals surface area contributed by atoms with Gasteiger partial charge in [0.25, 0.3) is 0 Å². The number of carbonyl (C=O) groups is 2. The molecule has 0 aliphatic carbocycles. The fourth-order valence-corrected chi connectivity index (χ4v) is 4.41. The molecule has 0 spiro atoms. The zero-order valence-corrected chi connectivity index (χ0v) is 18.6. The van der Waals surface area contributed by atoms with Crippen LogP contribution in [0.1, 0.15) is 23.4 Å². The first kappa shape index (κ1) is 22.1. The van der Waals surface area contributed by atoms with Gasteiger partial charge in [-0.15, -0.1) is 0 Å². The number of rotatable bonds is 5. The van der Waals surface area contributed by atoms with Crippen molar-refractivity contribution in [1.82, 2.24) is 20.3 Å². The van der Waals surface area contributed by atoms with Crippen molar-refractivity contribution in [2.75, 3.05) is 50.7 Å².